The summed E-state index contributed by atoms with van der Waals surface area (Å²) in [6.45, 7) is 1.49. The van der Waals surface area contributed by atoms with E-state index in [0.717, 1.165) is 48.2 Å². The molecule has 0 spiro atoms. The number of hydrogen-bond donors (Lipinski definition) is 1. The van der Waals surface area contributed by atoms with Crippen molar-refractivity contribution >= 4 is 23.4 Å². The summed E-state index contributed by atoms with van der Waals surface area (Å²) in [5, 5.41) is 1.69. The molecule has 0 unspecified atom stereocenters. The van der Waals surface area contributed by atoms with E-state index in [1.54, 1.807) is 0 Å². The van der Waals surface area contributed by atoms with Gasteiger partial charge in [0.25, 0.3) is 0 Å². The average Bonchev–Trinajstić information content (AvgIpc) is 2.54. The van der Waals surface area contributed by atoms with E-state index in [1.807, 2.05) is 0 Å². The summed E-state index contributed by atoms with van der Waals surface area (Å²) in [6, 6.07) is 8.45. The number of thioether (sulfide) groups is 1. The first-order valence-electron chi connectivity index (χ1n) is 7.29. The highest BCUT2D eigenvalue weighted by molar-refractivity contribution is 8.00. The molecular weight excluding hydrogens is 380 g/mol. The van der Waals surface area contributed by atoms with Gasteiger partial charge in [-0.05, 0) is 49.4 Å². The third-order valence-electron chi connectivity index (χ3n) is 3.32. The molecule has 140 valence electrons. The van der Waals surface area contributed by atoms with Crippen LogP contribution in [0.3, 0.4) is 0 Å². The summed E-state index contributed by atoms with van der Waals surface area (Å²) < 4.78 is 75.6. The lowest BCUT2D eigenvalue weighted by atomic mass is 10.2. The molecule has 2 aromatic carbocycles. The maximum atomic E-state index is 12.7. The molecule has 0 aliphatic heterocycles. The van der Waals surface area contributed by atoms with Crippen LogP contribution in [0.15, 0.2) is 53.4 Å². The summed E-state index contributed by atoms with van der Waals surface area (Å²) in [5.74, 6) is -0.535. The largest absolute Gasteiger partial charge is 0.416 e. The number of hydrogen-bond acceptors (Lipinski definition) is 2. The van der Waals surface area contributed by atoms with Gasteiger partial charge in [-0.15, -0.1) is 11.8 Å². The summed E-state index contributed by atoms with van der Waals surface area (Å²) in [7, 11) is 0. The van der Waals surface area contributed by atoms with E-state index in [-0.39, 0.29) is 10.6 Å². The lowest BCUT2D eigenvalue weighted by Crippen LogP contribution is -2.22. The van der Waals surface area contributed by atoms with Gasteiger partial charge in [-0.2, -0.15) is 26.3 Å². The number of carbonyl (C=O) groups excluding carboxylic acids is 1. The lowest BCUT2D eigenvalue weighted by Gasteiger charge is -2.14. The molecule has 26 heavy (non-hydrogen) atoms. The van der Waals surface area contributed by atoms with Crippen LogP contribution in [0.2, 0.25) is 0 Å². The number of nitrogens with one attached hydrogen (secondary N) is 1. The van der Waals surface area contributed by atoms with Crippen molar-refractivity contribution in [1.82, 2.24) is 0 Å². The minimum atomic E-state index is -4.48. The second-order valence-electron chi connectivity index (χ2n) is 5.35. The van der Waals surface area contributed by atoms with Crippen molar-refractivity contribution in [2.75, 3.05) is 5.32 Å². The van der Waals surface area contributed by atoms with Gasteiger partial charge in [0, 0.05) is 10.6 Å². The second-order valence-corrected chi connectivity index (χ2v) is 6.76. The number of amides is 1. The smallest absolute Gasteiger partial charge is 0.325 e. The molecule has 0 saturated carbocycles. The van der Waals surface area contributed by atoms with Gasteiger partial charge in [0.1, 0.15) is 0 Å². The molecule has 1 atom stereocenters. The van der Waals surface area contributed by atoms with E-state index in [0.29, 0.717) is 0 Å². The average molecular weight is 393 g/mol. The van der Waals surface area contributed by atoms with E-state index in [9.17, 15) is 31.1 Å². The molecule has 9 heteroatoms. The second kappa shape index (κ2) is 7.61. The minimum absolute atomic E-state index is 0.166. The number of alkyl halides is 6. The molecule has 0 heterocycles. The number of benzene rings is 2. The van der Waals surface area contributed by atoms with Gasteiger partial charge in [-0.1, -0.05) is 6.07 Å². The Kier molecular flexibility index (Phi) is 5.90. The fourth-order valence-electron chi connectivity index (χ4n) is 1.99. The molecular formula is C17H13F6NOS. The molecule has 0 fully saturated rings. The van der Waals surface area contributed by atoms with Crippen LogP contribution in [0, 0.1) is 0 Å². The quantitative estimate of drug-likeness (QED) is 0.522. The van der Waals surface area contributed by atoms with E-state index < -0.39 is 34.6 Å². The third-order valence-corrected chi connectivity index (χ3v) is 4.42. The van der Waals surface area contributed by atoms with E-state index in [2.05, 4.69) is 5.32 Å². The molecule has 2 rings (SSSR count). The van der Waals surface area contributed by atoms with Gasteiger partial charge in [0.15, 0.2) is 0 Å². The Morgan fingerprint density at radius 1 is 0.923 bits per heavy atom. The maximum absolute atomic E-state index is 12.7. The monoisotopic (exact) mass is 393 g/mol. The van der Waals surface area contributed by atoms with Crippen molar-refractivity contribution in [3.8, 4) is 0 Å². The molecule has 0 bridgehead atoms. The molecule has 2 nitrogen and oxygen atoms in total. The van der Waals surface area contributed by atoms with Gasteiger partial charge in [-0.25, -0.2) is 0 Å². The molecule has 1 amide bonds. The first-order chi connectivity index (χ1) is 12.0. The van der Waals surface area contributed by atoms with Crippen LogP contribution < -0.4 is 5.32 Å². The van der Waals surface area contributed by atoms with Crippen LogP contribution in [0.4, 0.5) is 32.0 Å². The van der Waals surface area contributed by atoms with Crippen LogP contribution >= 0.6 is 11.8 Å². The highest BCUT2D eigenvalue weighted by atomic mass is 32.2. The van der Waals surface area contributed by atoms with Crippen molar-refractivity contribution < 1.29 is 31.1 Å². The Hall–Kier alpha value is -2.16. The van der Waals surface area contributed by atoms with Gasteiger partial charge in [0.05, 0.1) is 16.4 Å². The van der Waals surface area contributed by atoms with E-state index in [1.165, 1.54) is 19.1 Å². The minimum Gasteiger partial charge on any atom is -0.325 e. The van der Waals surface area contributed by atoms with E-state index >= 15 is 0 Å². The zero-order valence-electron chi connectivity index (χ0n) is 13.3. The highest BCUT2D eigenvalue weighted by Gasteiger charge is 2.31. The van der Waals surface area contributed by atoms with Crippen molar-refractivity contribution in [1.29, 1.82) is 0 Å². The molecule has 0 aliphatic carbocycles. The topological polar surface area (TPSA) is 29.1 Å². The van der Waals surface area contributed by atoms with Crippen LogP contribution in [0.5, 0.6) is 0 Å². The summed E-state index contributed by atoms with van der Waals surface area (Å²) in [6.07, 6.45) is -8.96. The molecule has 0 saturated heterocycles. The van der Waals surface area contributed by atoms with E-state index in [4.69, 9.17) is 0 Å². The Balaban J connectivity index is 2.02. The van der Waals surface area contributed by atoms with Crippen molar-refractivity contribution in [2.45, 2.75) is 29.4 Å². The number of halogens is 6. The fraction of sp³-hybridized carbons (Fsp3) is 0.235. The summed E-state index contributed by atoms with van der Waals surface area (Å²) >= 11 is 0.917. The molecule has 0 radical (unpaired) electrons. The van der Waals surface area contributed by atoms with Crippen LogP contribution in [0.25, 0.3) is 0 Å². The lowest BCUT2D eigenvalue weighted by molar-refractivity contribution is -0.138. The highest BCUT2D eigenvalue weighted by Crippen LogP contribution is 2.33. The molecule has 2 aromatic rings. The number of anilines is 1. The number of carbonyl (C=O) groups is 1. The molecule has 1 N–H and O–H groups in total. The first-order valence-corrected chi connectivity index (χ1v) is 8.17. The van der Waals surface area contributed by atoms with Crippen molar-refractivity contribution in [3.63, 3.8) is 0 Å². The SMILES string of the molecule is C[C@@H](Sc1cccc(C(F)(F)F)c1)C(=O)Nc1ccc(C(F)(F)F)cc1. The van der Waals surface area contributed by atoms with Crippen LogP contribution in [-0.2, 0) is 17.1 Å². The van der Waals surface area contributed by atoms with Gasteiger partial charge in [-0.3, -0.25) is 4.79 Å². The summed E-state index contributed by atoms with van der Waals surface area (Å²) in [5.41, 5.74) is -1.50. The van der Waals surface area contributed by atoms with Gasteiger partial charge < -0.3 is 5.32 Å². The van der Waals surface area contributed by atoms with Crippen LogP contribution in [-0.4, -0.2) is 11.2 Å². The Bertz CT molecular complexity index is 770. The third kappa shape index (κ3) is 5.42. The zero-order chi connectivity index (χ0) is 19.5. The Morgan fingerprint density at radius 2 is 1.50 bits per heavy atom. The fourth-order valence-corrected chi connectivity index (χ4v) is 2.92. The standard InChI is InChI=1S/C17H13F6NOS/c1-10(26-14-4-2-3-12(9-14)17(21,22)23)15(25)24-13-7-5-11(6-8-13)16(18,19)20/h2-10H,1H3,(H,24,25)/t10-/m1/s1. The predicted molar refractivity (Wildman–Crippen MR) is 86.8 cm³/mol. The van der Waals surface area contributed by atoms with Crippen molar-refractivity contribution in [2.24, 2.45) is 0 Å². The Labute approximate surface area is 149 Å². The summed E-state index contributed by atoms with van der Waals surface area (Å²) in [4.78, 5) is 12.4. The maximum Gasteiger partial charge on any atom is 0.416 e. The normalized spacial score (nSPS) is 13.3. The predicted octanol–water partition coefficient (Wildman–Crippen LogP) is 5.84. The molecule has 0 aliphatic rings. The van der Waals surface area contributed by atoms with Gasteiger partial charge in [0.2, 0.25) is 5.91 Å². The number of rotatable bonds is 4. The van der Waals surface area contributed by atoms with Gasteiger partial charge >= 0.3 is 12.4 Å². The van der Waals surface area contributed by atoms with Crippen molar-refractivity contribution in [3.05, 3.63) is 59.7 Å². The zero-order valence-corrected chi connectivity index (χ0v) is 14.1. The van der Waals surface area contributed by atoms with Crippen LogP contribution in [0.1, 0.15) is 18.1 Å². The Morgan fingerprint density at radius 3 is 2.04 bits per heavy atom. The first kappa shape index (κ1) is 20.2. The molecule has 0 aromatic heterocycles.